The van der Waals surface area contributed by atoms with Gasteiger partial charge in [-0.1, -0.05) is 6.42 Å². The molecule has 0 spiro atoms. The van der Waals surface area contributed by atoms with Gasteiger partial charge < -0.3 is 4.90 Å². The van der Waals surface area contributed by atoms with Crippen LogP contribution in [0.5, 0.6) is 0 Å². The van der Waals surface area contributed by atoms with Crippen LogP contribution in [0.1, 0.15) is 29.6 Å². The molecular formula is C13H16ClFN2O3. The van der Waals surface area contributed by atoms with Crippen molar-refractivity contribution in [3.05, 3.63) is 39.7 Å². The van der Waals surface area contributed by atoms with Gasteiger partial charge in [0, 0.05) is 25.5 Å². The number of non-ortho nitro benzene ring substituents is 1. The first-order valence-electron chi connectivity index (χ1n) is 6.22. The van der Waals surface area contributed by atoms with Crippen molar-refractivity contribution in [2.45, 2.75) is 19.3 Å². The summed E-state index contributed by atoms with van der Waals surface area (Å²) in [6.07, 6.45) is 2.54. The van der Waals surface area contributed by atoms with E-state index in [9.17, 15) is 19.3 Å². The molecule has 110 valence electrons. The first kappa shape index (κ1) is 16.4. The summed E-state index contributed by atoms with van der Waals surface area (Å²) in [5.41, 5.74) is -0.528. The Hall–Kier alpha value is -1.69. The fourth-order valence-electron chi connectivity index (χ4n) is 1.72. The maximum atomic E-state index is 13.7. The van der Waals surface area contributed by atoms with Crippen molar-refractivity contribution >= 4 is 23.2 Å². The quantitative estimate of drug-likeness (QED) is 0.336. The van der Waals surface area contributed by atoms with Crippen molar-refractivity contribution in [1.29, 1.82) is 0 Å². The largest absolute Gasteiger partial charge is 0.342 e. The maximum Gasteiger partial charge on any atom is 0.272 e. The minimum Gasteiger partial charge on any atom is -0.342 e. The lowest BCUT2D eigenvalue weighted by Crippen LogP contribution is -2.28. The summed E-state index contributed by atoms with van der Waals surface area (Å²) >= 11 is 5.55. The molecule has 1 aromatic carbocycles. The second-order valence-electron chi connectivity index (χ2n) is 4.40. The molecule has 0 aliphatic carbocycles. The minimum absolute atomic E-state index is 0.157. The second-order valence-corrected chi connectivity index (χ2v) is 4.78. The van der Waals surface area contributed by atoms with E-state index in [0.29, 0.717) is 12.4 Å². The molecule has 0 atom stereocenters. The molecule has 0 heterocycles. The van der Waals surface area contributed by atoms with Crippen LogP contribution in [-0.2, 0) is 0 Å². The number of halogens is 2. The van der Waals surface area contributed by atoms with Gasteiger partial charge in [0.15, 0.2) is 0 Å². The Morgan fingerprint density at radius 1 is 1.40 bits per heavy atom. The highest BCUT2D eigenvalue weighted by atomic mass is 35.5. The number of nitro benzene ring substituents is 1. The lowest BCUT2D eigenvalue weighted by Gasteiger charge is -2.17. The zero-order chi connectivity index (χ0) is 15.1. The first-order chi connectivity index (χ1) is 9.47. The number of benzene rings is 1. The Balaban J connectivity index is 2.69. The number of carbonyl (C=O) groups excluding carboxylic acids is 1. The molecule has 0 fully saturated rings. The number of unbranched alkanes of at least 4 members (excludes halogenated alkanes) is 2. The summed E-state index contributed by atoms with van der Waals surface area (Å²) in [6, 6.07) is 3.03. The minimum atomic E-state index is -0.878. The zero-order valence-electron chi connectivity index (χ0n) is 11.1. The average Bonchev–Trinajstić information content (AvgIpc) is 2.42. The van der Waals surface area contributed by atoms with E-state index >= 15 is 0 Å². The van der Waals surface area contributed by atoms with Gasteiger partial charge in [-0.05, 0) is 18.9 Å². The van der Waals surface area contributed by atoms with Crippen LogP contribution in [0.25, 0.3) is 0 Å². The van der Waals surface area contributed by atoms with E-state index in [0.717, 1.165) is 37.5 Å². The van der Waals surface area contributed by atoms with Crippen LogP contribution >= 0.6 is 11.6 Å². The number of amides is 1. The Kier molecular flexibility index (Phi) is 6.38. The highest BCUT2D eigenvalue weighted by Crippen LogP contribution is 2.18. The summed E-state index contributed by atoms with van der Waals surface area (Å²) in [7, 11) is 1.57. The van der Waals surface area contributed by atoms with Crippen molar-refractivity contribution in [3.8, 4) is 0 Å². The molecule has 0 saturated carbocycles. The van der Waals surface area contributed by atoms with E-state index < -0.39 is 16.6 Å². The molecule has 1 amide bonds. The molecule has 0 bridgehead atoms. The summed E-state index contributed by atoms with van der Waals surface area (Å²) < 4.78 is 13.7. The van der Waals surface area contributed by atoms with Crippen molar-refractivity contribution in [3.63, 3.8) is 0 Å². The number of carbonyl (C=O) groups is 1. The molecule has 0 aliphatic heterocycles. The Bertz CT molecular complexity index is 497. The molecule has 0 aromatic heterocycles. The average molecular weight is 303 g/mol. The van der Waals surface area contributed by atoms with Crippen molar-refractivity contribution in [2.24, 2.45) is 0 Å². The van der Waals surface area contributed by atoms with Gasteiger partial charge in [-0.3, -0.25) is 14.9 Å². The van der Waals surface area contributed by atoms with E-state index in [1.54, 1.807) is 7.05 Å². The molecule has 1 aromatic rings. The van der Waals surface area contributed by atoms with Gasteiger partial charge in [-0.15, -0.1) is 11.6 Å². The van der Waals surface area contributed by atoms with Crippen molar-refractivity contribution in [1.82, 2.24) is 4.90 Å². The molecule has 1 rings (SSSR count). The molecule has 7 heteroatoms. The third-order valence-corrected chi connectivity index (χ3v) is 3.14. The molecule has 20 heavy (non-hydrogen) atoms. The van der Waals surface area contributed by atoms with E-state index in [1.165, 1.54) is 4.90 Å². The highest BCUT2D eigenvalue weighted by molar-refractivity contribution is 6.17. The second kappa shape index (κ2) is 7.79. The van der Waals surface area contributed by atoms with Gasteiger partial charge in [0.1, 0.15) is 5.82 Å². The lowest BCUT2D eigenvalue weighted by atomic mass is 10.1. The number of nitro groups is 1. The van der Waals surface area contributed by atoms with Gasteiger partial charge in [-0.2, -0.15) is 0 Å². The van der Waals surface area contributed by atoms with Gasteiger partial charge in [0.05, 0.1) is 16.6 Å². The van der Waals surface area contributed by atoms with Crippen LogP contribution in [0.3, 0.4) is 0 Å². The van der Waals surface area contributed by atoms with E-state index in [4.69, 9.17) is 11.6 Å². The van der Waals surface area contributed by atoms with E-state index in [-0.39, 0.29) is 11.3 Å². The third kappa shape index (κ3) is 4.45. The van der Waals surface area contributed by atoms with Gasteiger partial charge in [0.2, 0.25) is 0 Å². The smallest absolute Gasteiger partial charge is 0.272 e. The van der Waals surface area contributed by atoms with Crippen LogP contribution in [0.2, 0.25) is 0 Å². The van der Waals surface area contributed by atoms with Gasteiger partial charge in [-0.25, -0.2) is 4.39 Å². The fourth-order valence-corrected chi connectivity index (χ4v) is 1.91. The Labute approximate surface area is 121 Å². The van der Waals surface area contributed by atoms with Crippen LogP contribution in [0, 0.1) is 15.9 Å². The predicted octanol–water partition coefficient (Wildman–Crippen LogP) is 3.22. The van der Waals surface area contributed by atoms with Crippen LogP contribution in [0.15, 0.2) is 18.2 Å². The van der Waals surface area contributed by atoms with Crippen LogP contribution < -0.4 is 0 Å². The van der Waals surface area contributed by atoms with E-state index in [2.05, 4.69) is 0 Å². The van der Waals surface area contributed by atoms with Crippen LogP contribution in [-0.4, -0.2) is 35.2 Å². The van der Waals surface area contributed by atoms with E-state index in [1.807, 2.05) is 0 Å². The predicted molar refractivity (Wildman–Crippen MR) is 74.6 cm³/mol. The number of nitrogens with zero attached hydrogens (tertiary/aromatic N) is 2. The first-order valence-corrected chi connectivity index (χ1v) is 6.76. The molecule has 0 saturated heterocycles. The summed E-state index contributed by atoms with van der Waals surface area (Å²) in [6.45, 7) is 0.492. The Morgan fingerprint density at radius 2 is 2.10 bits per heavy atom. The summed E-state index contributed by atoms with van der Waals surface area (Å²) in [5, 5.41) is 10.5. The molecule has 0 aliphatic rings. The SMILES string of the molecule is CN(CCCCCCl)C(=O)c1ccc([N+](=O)[O-])cc1F. The van der Waals surface area contributed by atoms with Crippen LogP contribution in [0.4, 0.5) is 10.1 Å². The summed E-state index contributed by atoms with van der Waals surface area (Å²) in [5.74, 6) is -0.783. The molecule has 0 N–H and O–H groups in total. The maximum absolute atomic E-state index is 13.7. The van der Waals surface area contributed by atoms with Crippen molar-refractivity contribution in [2.75, 3.05) is 19.5 Å². The lowest BCUT2D eigenvalue weighted by molar-refractivity contribution is -0.385. The number of alkyl halides is 1. The van der Waals surface area contributed by atoms with Gasteiger partial charge in [0.25, 0.3) is 11.6 Å². The number of hydrogen-bond acceptors (Lipinski definition) is 3. The molecular weight excluding hydrogens is 287 g/mol. The zero-order valence-corrected chi connectivity index (χ0v) is 11.9. The molecule has 0 radical (unpaired) electrons. The number of hydrogen-bond donors (Lipinski definition) is 0. The fraction of sp³-hybridized carbons (Fsp3) is 0.462. The van der Waals surface area contributed by atoms with Gasteiger partial charge >= 0.3 is 0 Å². The normalized spacial score (nSPS) is 10.3. The molecule has 0 unspecified atom stereocenters. The highest BCUT2D eigenvalue weighted by Gasteiger charge is 2.18. The topological polar surface area (TPSA) is 63.5 Å². The van der Waals surface area contributed by atoms with Crippen molar-refractivity contribution < 1.29 is 14.1 Å². The standard InChI is InChI=1S/C13H16ClFN2O3/c1-16(8-4-2-3-7-14)13(18)11-6-5-10(17(19)20)9-12(11)15/h5-6,9H,2-4,7-8H2,1H3. The molecule has 5 nitrogen and oxygen atoms in total. The Morgan fingerprint density at radius 3 is 2.65 bits per heavy atom. The third-order valence-electron chi connectivity index (χ3n) is 2.87. The monoisotopic (exact) mass is 302 g/mol. The number of rotatable bonds is 7. The summed E-state index contributed by atoms with van der Waals surface area (Å²) in [4.78, 5) is 23.2.